The number of aromatic nitrogens is 2. The summed E-state index contributed by atoms with van der Waals surface area (Å²) in [6.45, 7) is 3.83. The van der Waals surface area contributed by atoms with Crippen molar-refractivity contribution in [2.45, 2.75) is 20.0 Å². The highest BCUT2D eigenvalue weighted by Gasteiger charge is 2.30. The number of alkyl halides is 3. The monoisotopic (exact) mass is 375 g/mol. The highest BCUT2D eigenvalue weighted by molar-refractivity contribution is 6.05. The average Bonchev–Trinajstić information content (AvgIpc) is 2.61. The van der Waals surface area contributed by atoms with E-state index in [1.165, 1.54) is 19.2 Å². The van der Waals surface area contributed by atoms with Crippen LogP contribution in [0.15, 0.2) is 36.4 Å². The first-order valence-electron chi connectivity index (χ1n) is 8.00. The molecule has 1 aromatic heterocycles. The molecule has 0 radical (unpaired) electrons. The molecule has 0 saturated carbocycles. The van der Waals surface area contributed by atoms with E-state index < -0.39 is 17.6 Å². The topological polar surface area (TPSA) is 64.1 Å². The summed E-state index contributed by atoms with van der Waals surface area (Å²) in [6, 6.07) is 7.98. The van der Waals surface area contributed by atoms with Crippen LogP contribution in [0, 0.1) is 13.8 Å². The van der Waals surface area contributed by atoms with E-state index in [4.69, 9.17) is 4.74 Å². The van der Waals surface area contributed by atoms with Gasteiger partial charge >= 0.3 is 6.18 Å². The summed E-state index contributed by atoms with van der Waals surface area (Å²) < 4.78 is 43.7. The van der Waals surface area contributed by atoms with Crippen LogP contribution >= 0.6 is 0 Å². The summed E-state index contributed by atoms with van der Waals surface area (Å²) in [5, 5.41) is 2.41. The van der Waals surface area contributed by atoms with Crippen LogP contribution in [-0.4, -0.2) is 23.0 Å². The quantitative estimate of drug-likeness (QED) is 0.731. The molecule has 0 spiro atoms. The maximum Gasteiger partial charge on any atom is 0.416 e. The van der Waals surface area contributed by atoms with E-state index in [-0.39, 0.29) is 17.3 Å². The summed E-state index contributed by atoms with van der Waals surface area (Å²) in [5.41, 5.74) is 2.08. The number of benzene rings is 2. The lowest BCUT2D eigenvalue weighted by Crippen LogP contribution is -2.16. The Kier molecular flexibility index (Phi) is 4.73. The second-order valence-corrected chi connectivity index (χ2v) is 6.04. The van der Waals surface area contributed by atoms with Gasteiger partial charge in [0.05, 0.1) is 23.7 Å². The van der Waals surface area contributed by atoms with E-state index in [0.717, 1.165) is 23.3 Å². The Morgan fingerprint density at radius 2 is 1.67 bits per heavy atom. The lowest BCUT2D eigenvalue weighted by Gasteiger charge is -2.12. The van der Waals surface area contributed by atoms with Gasteiger partial charge in [0.2, 0.25) is 5.88 Å². The largest absolute Gasteiger partial charge is 0.479 e. The Morgan fingerprint density at radius 3 is 2.26 bits per heavy atom. The molecule has 0 saturated heterocycles. The molecule has 0 bridgehead atoms. The Bertz CT molecular complexity index is 1030. The molecule has 0 unspecified atom stereocenters. The van der Waals surface area contributed by atoms with Gasteiger partial charge in [-0.15, -0.1) is 0 Å². The van der Waals surface area contributed by atoms with Gasteiger partial charge in [0.25, 0.3) is 5.91 Å². The number of carbonyl (C=O) groups excluding carboxylic acids is 1. The molecule has 0 aliphatic heterocycles. The highest BCUT2D eigenvalue weighted by Crippen LogP contribution is 2.31. The molecule has 140 valence electrons. The number of nitrogens with one attached hydrogen (secondary N) is 1. The minimum Gasteiger partial charge on any atom is -0.479 e. The van der Waals surface area contributed by atoms with Gasteiger partial charge < -0.3 is 10.1 Å². The first-order valence-corrected chi connectivity index (χ1v) is 8.00. The van der Waals surface area contributed by atoms with Crippen molar-refractivity contribution >= 4 is 22.6 Å². The molecule has 1 amide bonds. The molecule has 0 atom stereocenters. The van der Waals surface area contributed by atoms with Gasteiger partial charge in [-0.05, 0) is 55.3 Å². The number of hydrogen-bond donors (Lipinski definition) is 1. The van der Waals surface area contributed by atoms with Gasteiger partial charge in [-0.1, -0.05) is 6.07 Å². The van der Waals surface area contributed by atoms with Crippen LogP contribution < -0.4 is 10.1 Å². The van der Waals surface area contributed by atoms with Crippen molar-refractivity contribution in [1.29, 1.82) is 0 Å². The molecule has 3 rings (SSSR count). The van der Waals surface area contributed by atoms with E-state index in [0.29, 0.717) is 11.0 Å². The van der Waals surface area contributed by atoms with Gasteiger partial charge in [0.15, 0.2) is 5.69 Å². The van der Waals surface area contributed by atoms with Crippen LogP contribution in [-0.2, 0) is 6.18 Å². The number of methoxy groups -OCH3 is 1. The van der Waals surface area contributed by atoms with Crippen molar-refractivity contribution in [3.63, 3.8) is 0 Å². The zero-order valence-electron chi connectivity index (χ0n) is 14.8. The number of halogens is 3. The lowest BCUT2D eigenvalue weighted by molar-refractivity contribution is -0.137. The highest BCUT2D eigenvalue weighted by atomic mass is 19.4. The molecular weight excluding hydrogens is 359 g/mol. The van der Waals surface area contributed by atoms with Crippen LogP contribution in [0.4, 0.5) is 18.9 Å². The smallest absolute Gasteiger partial charge is 0.416 e. The fourth-order valence-corrected chi connectivity index (χ4v) is 2.55. The van der Waals surface area contributed by atoms with Crippen LogP contribution in [0.5, 0.6) is 5.88 Å². The first-order chi connectivity index (χ1) is 12.7. The minimum absolute atomic E-state index is 0.00105. The molecular formula is C19H16F3N3O2. The van der Waals surface area contributed by atoms with Gasteiger partial charge in [-0.25, -0.2) is 9.97 Å². The number of amides is 1. The number of nitrogens with zero attached hydrogens (tertiary/aromatic N) is 2. The van der Waals surface area contributed by atoms with E-state index in [2.05, 4.69) is 15.3 Å². The van der Waals surface area contributed by atoms with Crippen molar-refractivity contribution in [3.8, 4) is 5.88 Å². The summed E-state index contributed by atoms with van der Waals surface area (Å²) in [4.78, 5) is 21.2. The van der Waals surface area contributed by atoms with Crippen LogP contribution in [0.25, 0.3) is 11.0 Å². The van der Waals surface area contributed by atoms with Crippen molar-refractivity contribution in [2.24, 2.45) is 0 Å². The van der Waals surface area contributed by atoms with E-state index in [9.17, 15) is 18.0 Å². The third kappa shape index (κ3) is 3.84. The second-order valence-electron chi connectivity index (χ2n) is 6.04. The van der Waals surface area contributed by atoms with Crippen molar-refractivity contribution in [2.75, 3.05) is 12.4 Å². The molecule has 8 heteroatoms. The summed E-state index contributed by atoms with van der Waals surface area (Å²) in [7, 11) is 1.35. The zero-order chi connectivity index (χ0) is 19.8. The van der Waals surface area contributed by atoms with E-state index >= 15 is 0 Å². The SMILES string of the molecule is COc1nc2cc(C)c(C)cc2nc1C(=O)Nc1cccc(C(F)(F)F)c1. The standard InChI is InChI=1S/C19H16F3N3O2/c1-10-7-14-15(8-11(10)2)25-18(27-3)16(24-14)17(26)23-13-6-4-5-12(9-13)19(20,21)22/h4-9H,1-3H3,(H,23,26). The first kappa shape index (κ1) is 18.6. The van der Waals surface area contributed by atoms with Crippen LogP contribution in [0.3, 0.4) is 0 Å². The molecule has 5 nitrogen and oxygen atoms in total. The average molecular weight is 375 g/mol. The number of rotatable bonds is 3. The Hall–Kier alpha value is -3.16. The maximum atomic E-state index is 12.8. The van der Waals surface area contributed by atoms with Crippen molar-refractivity contribution < 1.29 is 22.7 Å². The molecule has 0 fully saturated rings. The second kappa shape index (κ2) is 6.86. The summed E-state index contributed by atoms with van der Waals surface area (Å²) in [6.07, 6.45) is -4.50. The normalized spacial score (nSPS) is 11.5. The van der Waals surface area contributed by atoms with E-state index in [1.807, 2.05) is 19.9 Å². The fraction of sp³-hybridized carbons (Fsp3) is 0.211. The summed E-state index contributed by atoms with van der Waals surface area (Å²) in [5.74, 6) is -0.714. The Balaban J connectivity index is 1.99. The van der Waals surface area contributed by atoms with Gasteiger partial charge in [0, 0.05) is 5.69 Å². The molecule has 2 aromatic carbocycles. The zero-order valence-corrected chi connectivity index (χ0v) is 14.8. The predicted octanol–water partition coefficient (Wildman–Crippen LogP) is 4.53. The van der Waals surface area contributed by atoms with Gasteiger partial charge in [0.1, 0.15) is 0 Å². The number of ether oxygens (including phenoxy) is 1. The number of hydrogen-bond acceptors (Lipinski definition) is 4. The maximum absolute atomic E-state index is 12.8. The number of aryl methyl sites for hydroxylation is 2. The summed E-state index contributed by atoms with van der Waals surface area (Å²) >= 11 is 0. The number of anilines is 1. The van der Waals surface area contributed by atoms with Crippen molar-refractivity contribution in [1.82, 2.24) is 9.97 Å². The molecule has 0 aliphatic carbocycles. The molecule has 0 aliphatic rings. The number of fused-ring (bicyclic) bond motifs is 1. The fourth-order valence-electron chi connectivity index (χ4n) is 2.55. The minimum atomic E-state index is -4.50. The van der Waals surface area contributed by atoms with Crippen LogP contribution in [0.1, 0.15) is 27.2 Å². The molecule has 3 aromatic rings. The molecule has 27 heavy (non-hydrogen) atoms. The predicted molar refractivity (Wildman–Crippen MR) is 95.0 cm³/mol. The molecule has 1 heterocycles. The Morgan fingerprint density at radius 1 is 1.04 bits per heavy atom. The van der Waals surface area contributed by atoms with Crippen LogP contribution in [0.2, 0.25) is 0 Å². The van der Waals surface area contributed by atoms with E-state index in [1.54, 1.807) is 6.07 Å². The lowest BCUT2D eigenvalue weighted by atomic mass is 10.1. The molecule has 1 N–H and O–H groups in total. The van der Waals surface area contributed by atoms with Gasteiger partial charge in [-0.3, -0.25) is 4.79 Å². The number of carbonyl (C=O) groups is 1. The van der Waals surface area contributed by atoms with Gasteiger partial charge in [-0.2, -0.15) is 13.2 Å². The van der Waals surface area contributed by atoms with Crippen molar-refractivity contribution in [3.05, 3.63) is 58.8 Å². The third-order valence-corrected chi connectivity index (χ3v) is 4.10. The third-order valence-electron chi connectivity index (χ3n) is 4.10. The Labute approximate surface area is 153 Å².